The highest BCUT2D eigenvalue weighted by Gasteiger charge is 2.53. The van der Waals surface area contributed by atoms with Crippen LogP contribution in [0.3, 0.4) is 0 Å². The van der Waals surface area contributed by atoms with Crippen LogP contribution in [-0.4, -0.2) is 28.4 Å². The van der Waals surface area contributed by atoms with Crippen molar-refractivity contribution in [1.82, 2.24) is 0 Å². The van der Waals surface area contributed by atoms with E-state index >= 15 is 0 Å². The Morgan fingerprint density at radius 2 is 2.15 bits per heavy atom. The van der Waals surface area contributed by atoms with Crippen molar-refractivity contribution in [2.75, 3.05) is 0 Å². The summed E-state index contributed by atoms with van der Waals surface area (Å²) in [4.78, 5) is 11.9. The van der Waals surface area contributed by atoms with Crippen LogP contribution in [0, 0.1) is 5.41 Å². The van der Waals surface area contributed by atoms with Crippen molar-refractivity contribution in [3.63, 3.8) is 0 Å². The molecular weight excluding hydrogens is 260 g/mol. The van der Waals surface area contributed by atoms with Gasteiger partial charge in [-0.2, -0.15) is 0 Å². The zero-order chi connectivity index (χ0) is 14.5. The molecule has 0 radical (unpaired) electrons. The molecule has 0 aromatic carbocycles. The van der Waals surface area contributed by atoms with E-state index < -0.39 is 29.7 Å². The second kappa shape index (κ2) is 4.46. The van der Waals surface area contributed by atoms with Crippen LogP contribution >= 0.6 is 0 Å². The van der Waals surface area contributed by atoms with Gasteiger partial charge in [0, 0.05) is 11.0 Å². The van der Waals surface area contributed by atoms with Crippen molar-refractivity contribution < 1.29 is 24.2 Å². The molecule has 0 unspecified atom stereocenters. The van der Waals surface area contributed by atoms with Crippen molar-refractivity contribution in [3.05, 3.63) is 35.3 Å². The summed E-state index contributed by atoms with van der Waals surface area (Å²) in [5.41, 5.74) is 1.53. The first kappa shape index (κ1) is 13.4. The molecule has 5 heteroatoms. The number of hydrogen-bond acceptors (Lipinski definition) is 5. The average Bonchev–Trinajstić information content (AvgIpc) is 2.93. The van der Waals surface area contributed by atoms with E-state index in [9.17, 15) is 15.0 Å². The van der Waals surface area contributed by atoms with E-state index in [2.05, 4.69) is 0 Å². The molecule has 1 aromatic rings. The minimum absolute atomic E-state index is 0.491. The molecule has 108 valence electrons. The summed E-state index contributed by atoms with van der Waals surface area (Å²) in [5.74, 6) is -0.669. The van der Waals surface area contributed by atoms with Crippen LogP contribution < -0.4 is 0 Å². The van der Waals surface area contributed by atoms with Crippen molar-refractivity contribution in [1.29, 1.82) is 0 Å². The van der Waals surface area contributed by atoms with E-state index in [0.29, 0.717) is 24.0 Å². The van der Waals surface area contributed by atoms with E-state index in [1.54, 1.807) is 19.3 Å². The molecule has 0 amide bonds. The number of carbonyl (C=O) groups excluding carboxylic acids is 1. The SMILES string of the molecule is CC1=C2[C@H](O)C(=O)O[C@H](c3ccoc3)[C@@]2(C)CC[C@H]1O. The van der Waals surface area contributed by atoms with E-state index in [0.717, 1.165) is 5.56 Å². The molecule has 0 spiro atoms. The Morgan fingerprint density at radius 3 is 2.80 bits per heavy atom. The van der Waals surface area contributed by atoms with Crippen molar-refractivity contribution in [2.45, 2.75) is 45.0 Å². The van der Waals surface area contributed by atoms with Gasteiger partial charge in [-0.1, -0.05) is 6.92 Å². The fourth-order valence-corrected chi connectivity index (χ4v) is 3.51. The number of furan rings is 1. The number of hydrogen-bond donors (Lipinski definition) is 2. The van der Waals surface area contributed by atoms with E-state index in [4.69, 9.17) is 9.15 Å². The summed E-state index contributed by atoms with van der Waals surface area (Å²) in [6.45, 7) is 3.73. The van der Waals surface area contributed by atoms with Gasteiger partial charge < -0.3 is 19.4 Å². The third kappa shape index (κ3) is 1.73. The smallest absolute Gasteiger partial charge is 0.339 e. The Labute approximate surface area is 116 Å². The predicted octanol–water partition coefficient (Wildman–Crippen LogP) is 1.72. The Morgan fingerprint density at radius 1 is 1.40 bits per heavy atom. The lowest BCUT2D eigenvalue weighted by atomic mass is 9.63. The third-order valence-corrected chi connectivity index (χ3v) is 4.63. The maximum Gasteiger partial charge on any atom is 0.339 e. The second-order valence-corrected chi connectivity index (χ2v) is 5.84. The molecule has 2 heterocycles. The monoisotopic (exact) mass is 278 g/mol. The largest absolute Gasteiger partial charge is 0.472 e. The number of carbonyl (C=O) groups is 1. The zero-order valence-corrected chi connectivity index (χ0v) is 11.5. The summed E-state index contributed by atoms with van der Waals surface area (Å²) in [5, 5.41) is 20.2. The molecule has 4 atom stereocenters. The minimum Gasteiger partial charge on any atom is -0.472 e. The van der Waals surface area contributed by atoms with Gasteiger partial charge in [0.25, 0.3) is 0 Å². The topological polar surface area (TPSA) is 79.9 Å². The Balaban J connectivity index is 2.14. The summed E-state index contributed by atoms with van der Waals surface area (Å²) < 4.78 is 10.5. The number of aliphatic hydroxyl groups excluding tert-OH is 2. The fourth-order valence-electron chi connectivity index (χ4n) is 3.51. The molecule has 3 rings (SSSR count). The standard InChI is InChI=1S/C15H18O5/c1-8-10(16)3-5-15(2)11(8)12(17)14(18)20-13(15)9-4-6-19-7-9/h4,6-7,10,12-13,16-17H,3,5H2,1-2H3/t10-,12+,13-,15+/m1/s1. The Bertz CT molecular complexity index is 559. The molecule has 5 nitrogen and oxygen atoms in total. The maximum atomic E-state index is 11.9. The predicted molar refractivity (Wildman–Crippen MR) is 69.6 cm³/mol. The molecule has 1 fully saturated rings. The summed E-state index contributed by atoms with van der Waals surface area (Å²) in [6.07, 6.45) is 1.92. The molecule has 2 aliphatic rings. The summed E-state index contributed by atoms with van der Waals surface area (Å²) >= 11 is 0. The molecule has 1 saturated heterocycles. The Kier molecular flexibility index (Phi) is 2.99. The van der Waals surface area contributed by atoms with Gasteiger partial charge in [0.05, 0.1) is 18.6 Å². The molecule has 0 saturated carbocycles. The summed E-state index contributed by atoms with van der Waals surface area (Å²) in [6, 6.07) is 1.76. The minimum atomic E-state index is -1.29. The van der Waals surface area contributed by atoms with Crippen molar-refractivity contribution in [2.24, 2.45) is 5.41 Å². The lowest BCUT2D eigenvalue weighted by molar-refractivity contribution is -0.174. The zero-order valence-electron chi connectivity index (χ0n) is 11.5. The van der Waals surface area contributed by atoms with Crippen LogP contribution in [0.15, 0.2) is 34.2 Å². The lowest BCUT2D eigenvalue weighted by Crippen LogP contribution is -2.49. The molecule has 0 bridgehead atoms. The van der Waals surface area contributed by atoms with Gasteiger partial charge in [0.1, 0.15) is 6.10 Å². The number of ether oxygens (including phenoxy) is 1. The first-order valence-corrected chi connectivity index (χ1v) is 6.75. The van der Waals surface area contributed by atoms with Gasteiger partial charge in [-0.25, -0.2) is 4.79 Å². The first-order chi connectivity index (χ1) is 9.45. The molecule has 20 heavy (non-hydrogen) atoms. The average molecular weight is 278 g/mol. The molecule has 2 N–H and O–H groups in total. The van der Waals surface area contributed by atoms with E-state index in [1.165, 1.54) is 6.26 Å². The van der Waals surface area contributed by atoms with Crippen LogP contribution in [0.5, 0.6) is 0 Å². The summed E-state index contributed by atoms with van der Waals surface area (Å²) in [7, 11) is 0. The van der Waals surface area contributed by atoms with Gasteiger partial charge in [0.2, 0.25) is 0 Å². The first-order valence-electron chi connectivity index (χ1n) is 6.75. The maximum absolute atomic E-state index is 11.9. The van der Waals surface area contributed by atoms with Crippen LogP contribution in [-0.2, 0) is 9.53 Å². The number of esters is 1. The van der Waals surface area contributed by atoms with Gasteiger partial charge in [0.15, 0.2) is 6.10 Å². The normalized spacial score (nSPS) is 37.6. The fraction of sp³-hybridized carbons (Fsp3) is 0.533. The quantitative estimate of drug-likeness (QED) is 0.604. The Hall–Kier alpha value is -1.59. The number of aliphatic hydroxyl groups is 2. The van der Waals surface area contributed by atoms with Gasteiger partial charge in [-0.15, -0.1) is 0 Å². The third-order valence-electron chi connectivity index (χ3n) is 4.63. The van der Waals surface area contributed by atoms with Crippen LogP contribution in [0.4, 0.5) is 0 Å². The highest BCUT2D eigenvalue weighted by Crippen LogP contribution is 2.54. The van der Waals surface area contributed by atoms with Gasteiger partial charge in [-0.05, 0) is 37.0 Å². The molecule has 1 aliphatic carbocycles. The highest BCUT2D eigenvalue weighted by molar-refractivity contribution is 5.81. The molecule has 1 aromatic heterocycles. The lowest BCUT2D eigenvalue weighted by Gasteiger charge is -2.48. The molecular formula is C15H18O5. The van der Waals surface area contributed by atoms with Crippen LogP contribution in [0.1, 0.15) is 38.4 Å². The van der Waals surface area contributed by atoms with Crippen LogP contribution in [0.25, 0.3) is 0 Å². The highest BCUT2D eigenvalue weighted by atomic mass is 16.6. The van der Waals surface area contributed by atoms with Gasteiger partial charge in [-0.3, -0.25) is 0 Å². The number of rotatable bonds is 1. The number of fused-ring (bicyclic) bond motifs is 1. The van der Waals surface area contributed by atoms with Crippen LogP contribution in [0.2, 0.25) is 0 Å². The number of cyclic esters (lactones) is 1. The van der Waals surface area contributed by atoms with Crippen molar-refractivity contribution >= 4 is 5.97 Å². The second-order valence-electron chi connectivity index (χ2n) is 5.84. The van der Waals surface area contributed by atoms with E-state index in [-0.39, 0.29) is 0 Å². The van der Waals surface area contributed by atoms with Crippen molar-refractivity contribution in [3.8, 4) is 0 Å². The molecule has 1 aliphatic heterocycles. The van der Waals surface area contributed by atoms with Gasteiger partial charge >= 0.3 is 5.97 Å². The van der Waals surface area contributed by atoms with E-state index in [1.807, 2.05) is 6.92 Å².